The van der Waals surface area contributed by atoms with E-state index in [-0.39, 0.29) is 17.3 Å². The molecular weight excluding hydrogens is 266 g/mol. The summed E-state index contributed by atoms with van der Waals surface area (Å²) in [5.41, 5.74) is 0.741. The average Bonchev–Trinajstić information content (AvgIpc) is 2.87. The van der Waals surface area contributed by atoms with Crippen LogP contribution < -0.4 is 0 Å². The van der Waals surface area contributed by atoms with Crippen LogP contribution in [0.2, 0.25) is 0 Å². The number of rotatable bonds is 2. The molecule has 0 N–H and O–H groups in total. The van der Waals surface area contributed by atoms with Gasteiger partial charge >= 0.3 is 6.09 Å². The predicted molar refractivity (Wildman–Crippen MR) is 78.6 cm³/mol. The second-order valence-electron chi connectivity index (χ2n) is 5.78. The van der Waals surface area contributed by atoms with Gasteiger partial charge in [-0.05, 0) is 30.9 Å². The van der Waals surface area contributed by atoms with Crippen LogP contribution in [-0.4, -0.2) is 29.9 Å². The molecule has 0 radical (unpaired) electrons. The lowest BCUT2D eigenvalue weighted by molar-refractivity contribution is -0.125. The second-order valence-corrected chi connectivity index (χ2v) is 5.78. The minimum Gasteiger partial charge on any atom is -0.445 e. The van der Waals surface area contributed by atoms with Crippen LogP contribution in [0.25, 0.3) is 0 Å². The van der Waals surface area contributed by atoms with Gasteiger partial charge < -0.3 is 9.64 Å². The molecule has 3 rings (SSSR count). The van der Waals surface area contributed by atoms with E-state index in [4.69, 9.17) is 4.74 Å². The minimum atomic E-state index is -0.285. The number of piperidine rings is 1. The Bertz CT molecular complexity index is 557. The lowest BCUT2D eigenvalue weighted by atomic mass is 9.76. The summed E-state index contributed by atoms with van der Waals surface area (Å²) in [7, 11) is 0. The van der Waals surface area contributed by atoms with Gasteiger partial charge in [-0.25, -0.2) is 4.79 Å². The number of ether oxygens (including phenoxy) is 1. The molecule has 1 fully saturated rings. The Kier molecular flexibility index (Phi) is 3.78. The van der Waals surface area contributed by atoms with Crippen molar-refractivity contribution in [3.63, 3.8) is 0 Å². The smallest absolute Gasteiger partial charge is 0.410 e. The van der Waals surface area contributed by atoms with Gasteiger partial charge in [0.1, 0.15) is 6.61 Å². The van der Waals surface area contributed by atoms with Crippen LogP contribution in [0.5, 0.6) is 0 Å². The summed E-state index contributed by atoms with van der Waals surface area (Å²) < 4.78 is 5.33. The van der Waals surface area contributed by atoms with Crippen LogP contribution in [0.15, 0.2) is 42.5 Å². The fourth-order valence-electron chi connectivity index (χ4n) is 3.05. The van der Waals surface area contributed by atoms with Crippen molar-refractivity contribution in [2.24, 2.45) is 5.41 Å². The summed E-state index contributed by atoms with van der Waals surface area (Å²) in [5, 5.41) is 0. The van der Waals surface area contributed by atoms with E-state index in [2.05, 4.69) is 0 Å². The molecule has 4 heteroatoms. The topological polar surface area (TPSA) is 46.6 Å². The third-order valence-corrected chi connectivity index (χ3v) is 4.48. The Balaban J connectivity index is 1.50. The van der Waals surface area contributed by atoms with Crippen molar-refractivity contribution >= 4 is 11.9 Å². The molecule has 0 saturated carbocycles. The summed E-state index contributed by atoms with van der Waals surface area (Å²) in [6, 6.07) is 9.64. The number of amides is 1. The molecule has 1 aromatic rings. The number of nitrogens with zero attached hydrogens (tertiary/aromatic N) is 1. The van der Waals surface area contributed by atoms with E-state index in [0.717, 1.165) is 24.8 Å². The van der Waals surface area contributed by atoms with Crippen LogP contribution in [0, 0.1) is 5.41 Å². The highest BCUT2D eigenvalue weighted by molar-refractivity contribution is 5.97. The fraction of sp³-hybridized carbons (Fsp3) is 0.412. The molecule has 0 atom stereocenters. The molecule has 1 spiro atoms. The highest BCUT2D eigenvalue weighted by Crippen LogP contribution is 2.40. The molecule has 2 aliphatic rings. The molecule has 1 saturated heterocycles. The van der Waals surface area contributed by atoms with E-state index in [1.807, 2.05) is 36.4 Å². The van der Waals surface area contributed by atoms with Crippen molar-refractivity contribution in [3.05, 3.63) is 48.0 Å². The van der Waals surface area contributed by atoms with Crippen molar-refractivity contribution in [2.45, 2.75) is 25.9 Å². The van der Waals surface area contributed by atoms with Crippen LogP contribution in [0.4, 0.5) is 4.79 Å². The first-order valence-electron chi connectivity index (χ1n) is 7.36. The lowest BCUT2D eigenvalue weighted by Crippen LogP contribution is -2.45. The SMILES string of the molecule is O=C(OCc1ccccc1)N1CCC2(CC=CC2=O)CC1. The van der Waals surface area contributed by atoms with Gasteiger partial charge in [0.25, 0.3) is 0 Å². The first-order chi connectivity index (χ1) is 10.2. The number of carbonyl (C=O) groups is 2. The quantitative estimate of drug-likeness (QED) is 0.839. The van der Waals surface area contributed by atoms with Crippen LogP contribution in [0.1, 0.15) is 24.8 Å². The molecule has 0 unspecified atom stereocenters. The second kappa shape index (κ2) is 5.72. The lowest BCUT2D eigenvalue weighted by Gasteiger charge is -2.37. The first kappa shape index (κ1) is 13.9. The maximum Gasteiger partial charge on any atom is 0.410 e. The molecule has 0 aromatic heterocycles. The highest BCUT2D eigenvalue weighted by Gasteiger charge is 2.42. The zero-order valence-electron chi connectivity index (χ0n) is 12.0. The van der Waals surface area contributed by atoms with E-state index < -0.39 is 0 Å². The number of benzene rings is 1. The van der Waals surface area contributed by atoms with Gasteiger partial charge in [0.2, 0.25) is 0 Å². The number of hydrogen-bond donors (Lipinski definition) is 0. The molecule has 1 heterocycles. The van der Waals surface area contributed by atoms with E-state index in [1.165, 1.54) is 0 Å². The summed E-state index contributed by atoms with van der Waals surface area (Å²) in [4.78, 5) is 25.7. The van der Waals surface area contributed by atoms with E-state index >= 15 is 0 Å². The maximum absolute atomic E-state index is 12.1. The fourth-order valence-corrected chi connectivity index (χ4v) is 3.05. The van der Waals surface area contributed by atoms with Gasteiger partial charge in [-0.3, -0.25) is 4.79 Å². The van der Waals surface area contributed by atoms with E-state index in [1.54, 1.807) is 11.0 Å². The molecule has 21 heavy (non-hydrogen) atoms. The summed E-state index contributed by atoms with van der Waals surface area (Å²) >= 11 is 0. The third kappa shape index (κ3) is 2.84. The Labute approximate surface area is 124 Å². The monoisotopic (exact) mass is 285 g/mol. The van der Waals surface area contributed by atoms with Crippen LogP contribution in [0.3, 0.4) is 0 Å². The summed E-state index contributed by atoms with van der Waals surface area (Å²) in [6.45, 7) is 1.49. The first-order valence-corrected chi connectivity index (χ1v) is 7.36. The van der Waals surface area contributed by atoms with Gasteiger partial charge in [-0.1, -0.05) is 36.4 Å². The van der Waals surface area contributed by atoms with Crippen LogP contribution in [-0.2, 0) is 16.1 Å². The molecule has 4 nitrogen and oxygen atoms in total. The van der Waals surface area contributed by atoms with Gasteiger partial charge in [-0.15, -0.1) is 0 Å². The molecule has 110 valence electrons. The van der Waals surface area contributed by atoms with E-state index in [9.17, 15) is 9.59 Å². The van der Waals surface area contributed by atoms with Gasteiger partial charge in [0.05, 0.1) is 0 Å². The Morgan fingerprint density at radius 2 is 1.90 bits per heavy atom. The van der Waals surface area contributed by atoms with Gasteiger partial charge in [0.15, 0.2) is 5.78 Å². The summed E-state index contributed by atoms with van der Waals surface area (Å²) in [6.07, 6.45) is 5.64. The number of hydrogen-bond acceptors (Lipinski definition) is 3. The van der Waals surface area contributed by atoms with Crippen molar-refractivity contribution < 1.29 is 14.3 Å². The molecule has 1 aromatic carbocycles. The van der Waals surface area contributed by atoms with Crippen molar-refractivity contribution in [1.29, 1.82) is 0 Å². The maximum atomic E-state index is 12.1. The molecular formula is C17H19NO3. The number of allylic oxidation sites excluding steroid dienone is 2. The van der Waals surface area contributed by atoms with Crippen LogP contribution >= 0.6 is 0 Å². The number of carbonyl (C=O) groups excluding carboxylic acids is 2. The largest absolute Gasteiger partial charge is 0.445 e. The van der Waals surface area contributed by atoms with Gasteiger partial charge in [-0.2, -0.15) is 0 Å². The highest BCUT2D eigenvalue weighted by atomic mass is 16.6. The average molecular weight is 285 g/mol. The van der Waals surface area contributed by atoms with Gasteiger partial charge in [0, 0.05) is 18.5 Å². The Morgan fingerprint density at radius 3 is 2.52 bits per heavy atom. The zero-order chi connectivity index (χ0) is 14.7. The number of likely N-dealkylation sites (tertiary alicyclic amines) is 1. The third-order valence-electron chi connectivity index (χ3n) is 4.48. The molecule has 1 aliphatic carbocycles. The Morgan fingerprint density at radius 1 is 1.19 bits per heavy atom. The van der Waals surface area contributed by atoms with E-state index in [0.29, 0.717) is 19.7 Å². The van der Waals surface area contributed by atoms with Crippen molar-refractivity contribution in [1.82, 2.24) is 4.90 Å². The predicted octanol–water partition coefficient (Wildman–Crippen LogP) is 2.93. The standard InChI is InChI=1S/C17H19NO3/c19-15-7-4-8-17(15)9-11-18(12-10-17)16(20)21-13-14-5-2-1-3-6-14/h1-7H,8-13H2. The normalized spacial score (nSPS) is 20.0. The minimum absolute atomic E-state index is 0.222. The Hall–Kier alpha value is -2.10. The summed E-state index contributed by atoms with van der Waals surface area (Å²) in [5.74, 6) is 0.222. The molecule has 0 bridgehead atoms. The molecule has 1 amide bonds. The van der Waals surface area contributed by atoms with Crippen molar-refractivity contribution in [2.75, 3.05) is 13.1 Å². The molecule has 1 aliphatic heterocycles. The zero-order valence-corrected chi connectivity index (χ0v) is 12.0. The van der Waals surface area contributed by atoms with Crippen molar-refractivity contribution in [3.8, 4) is 0 Å². The number of ketones is 1.